The quantitative estimate of drug-likeness (QED) is 0.635. The molecule has 0 saturated carbocycles. The zero-order chi connectivity index (χ0) is 8.10. The van der Waals surface area contributed by atoms with Gasteiger partial charge in [-0.1, -0.05) is 0 Å². The molecule has 0 aromatic rings. The third-order valence-corrected chi connectivity index (χ3v) is 2.09. The van der Waals surface area contributed by atoms with Crippen LogP contribution in [0, 0.1) is 17.2 Å². The fourth-order valence-electron chi connectivity index (χ4n) is 1.39. The summed E-state index contributed by atoms with van der Waals surface area (Å²) >= 11 is 0. The average molecular weight is 154 g/mol. The first-order chi connectivity index (χ1) is 5.33. The molecule has 0 spiro atoms. The SMILES string of the molecule is N#C[C@H](N)CC1CCOCC1. The van der Waals surface area contributed by atoms with E-state index in [9.17, 15) is 0 Å². The minimum absolute atomic E-state index is 0.280. The van der Waals surface area contributed by atoms with Gasteiger partial charge in [0, 0.05) is 13.2 Å². The predicted octanol–water partition coefficient (Wildman–Crippen LogP) is 0.654. The summed E-state index contributed by atoms with van der Waals surface area (Å²) in [6.45, 7) is 1.67. The molecule has 3 nitrogen and oxygen atoms in total. The highest BCUT2D eigenvalue weighted by atomic mass is 16.5. The van der Waals surface area contributed by atoms with E-state index >= 15 is 0 Å². The van der Waals surface area contributed by atoms with Crippen molar-refractivity contribution in [2.24, 2.45) is 11.7 Å². The van der Waals surface area contributed by atoms with Gasteiger partial charge >= 0.3 is 0 Å². The lowest BCUT2D eigenvalue weighted by molar-refractivity contribution is 0.0632. The van der Waals surface area contributed by atoms with Gasteiger partial charge in [0.25, 0.3) is 0 Å². The monoisotopic (exact) mass is 154 g/mol. The topological polar surface area (TPSA) is 59.0 Å². The minimum Gasteiger partial charge on any atom is -0.381 e. The summed E-state index contributed by atoms with van der Waals surface area (Å²) in [5, 5.41) is 8.46. The van der Waals surface area contributed by atoms with Crippen molar-refractivity contribution >= 4 is 0 Å². The molecule has 1 atom stereocenters. The molecular weight excluding hydrogens is 140 g/mol. The Bertz CT molecular complexity index is 147. The summed E-state index contributed by atoms with van der Waals surface area (Å²) in [6, 6.07) is 1.77. The minimum atomic E-state index is -0.280. The molecule has 1 aliphatic heterocycles. The Morgan fingerprint density at radius 1 is 1.55 bits per heavy atom. The Morgan fingerprint density at radius 3 is 2.73 bits per heavy atom. The van der Waals surface area contributed by atoms with Gasteiger partial charge in [0.2, 0.25) is 0 Å². The van der Waals surface area contributed by atoms with Crippen LogP contribution in [-0.4, -0.2) is 19.3 Å². The molecule has 0 bridgehead atoms. The number of ether oxygens (including phenoxy) is 1. The van der Waals surface area contributed by atoms with E-state index in [-0.39, 0.29) is 6.04 Å². The summed E-state index contributed by atoms with van der Waals surface area (Å²) in [5.41, 5.74) is 5.50. The summed E-state index contributed by atoms with van der Waals surface area (Å²) in [5.74, 6) is 0.610. The van der Waals surface area contributed by atoms with Crippen molar-refractivity contribution < 1.29 is 4.74 Å². The van der Waals surface area contributed by atoms with Crippen LogP contribution in [0.5, 0.6) is 0 Å². The lowest BCUT2D eigenvalue weighted by Crippen LogP contribution is -2.25. The van der Waals surface area contributed by atoms with Crippen LogP contribution < -0.4 is 5.73 Å². The molecule has 0 unspecified atom stereocenters. The predicted molar refractivity (Wildman–Crippen MR) is 41.7 cm³/mol. The summed E-state index contributed by atoms with van der Waals surface area (Å²) in [6.07, 6.45) is 2.96. The molecule has 62 valence electrons. The third kappa shape index (κ3) is 2.87. The molecule has 2 N–H and O–H groups in total. The molecule has 0 aromatic heterocycles. The van der Waals surface area contributed by atoms with Crippen LogP contribution >= 0.6 is 0 Å². The Labute approximate surface area is 67.1 Å². The molecule has 0 aromatic carbocycles. The number of nitrogens with two attached hydrogens (primary N) is 1. The van der Waals surface area contributed by atoms with Crippen molar-refractivity contribution in [1.29, 1.82) is 5.26 Å². The van der Waals surface area contributed by atoms with Gasteiger partial charge in [-0.3, -0.25) is 0 Å². The number of nitriles is 1. The van der Waals surface area contributed by atoms with Gasteiger partial charge in [0.1, 0.15) is 0 Å². The van der Waals surface area contributed by atoms with Crippen LogP contribution in [0.2, 0.25) is 0 Å². The molecule has 1 aliphatic rings. The second-order valence-corrected chi connectivity index (χ2v) is 3.03. The number of hydrogen-bond acceptors (Lipinski definition) is 3. The van der Waals surface area contributed by atoms with E-state index < -0.39 is 0 Å². The number of hydrogen-bond donors (Lipinski definition) is 1. The van der Waals surface area contributed by atoms with Crippen molar-refractivity contribution in [2.45, 2.75) is 25.3 Å². The fraction of sp³-hybridized carbons (Fsp3) is 0.875. The lowest BCUT2D eigenvalue weighted by atomic mass is 9.93. The number of rotatable bonds is 2. The van der Waals surface area contributed by atoms with Gasteiger partial charge in [-0.05, 0) is 25.2 Å². The second kappa shape index (κ2) is 4.32. The molecule has 3 heteroatoms. The molecule has 0 radical (unpaired) electrons. The molecule has 1 heterocycles. The van der Waals surface area contributed by atoms with Crippen molar-refractivity contribution in [2.75, 3.05) is 13.2 Å². The van der Waals surface area contributed by atoms with Crippen LogP contribution in [0.3, 0.4) is 0 Å². The Morgan fingerprint density at radius 2 is 2.18 bits per heavy atom. The van der Waals surface area contributed by atoms with Crippen LogP contribution in [0.25, 0.3) is 0 Å². The fourth-order valence-corrected chi connectivity index (χ4v) is 1.39. The molecule has 1 fully saturated rings. The van der Waals surface area contributed by atoms with Gasteiger partial charge < -0.3 is 10.5 Å². The summed E-state index contributed by atoms with van der Waals surface area (Å²) in [4.78, 5) is 0. The van der Waals surface area contributed by atoms with Crippen molar-refractivity contribution in [1.82, 2.24) is 0 Å². The Kier molecular flexibility index (Phi) is 3.34. The van der Waals surface area contributed by atoms with Crippen LogP contribution in [0.15, 0.2) is 0 Å². The third-order valence-electron chi connectivity index (χ3n) is 2.09. The van der Waals surface area contributed by atoms with E-state index in [1.807, 2.05) is 6.07 Å². The highest BCUT2D eigenvalue weighted by molar-refractivity contribution is 4.88. The van der Waals surface area contributed by atoms with Crippen molar-refractivity contribution in [3.8, 4) is 6.07 Å². The van der Waals surface area contributed by atoms with E-state index in [2.05, 4.69) is 0 Å². The van der Waals surface area contributed by atoms with Crippen molar-refractivity contribution in [3.05, 3.63) is 0 Å². The molecule has 1 saturated heterocycles. The van der Waals surface area contributed by atoms with Gasteiger partial charge in [-0.15, -0.1) is 0 Å². The Balaban J connectivity index is 2.20. The van der Waals surface area contributed by atoms with Crippen LogP contribution in [0.1, 0.15) is 19.3 Å². The summed E-state index contributed by atoms with van der Waals surface area (Å²) < 4.78 is 5.19. The maximum atomic E-state index is 8.46. The first-order valence-corrected chi connectivity index (χ1v) is 4.06. The van der Waals surface area contributed by atoms with Crippen LogP contribution in [-0.2, 0) is 4.74 Å². The highest BCUT2D eigenvalue weighted by Crippen LogP contribution is 2.18. The van der Waals surface area contributed by atoms with E-state index in [1.54, 1.807) is 0 Å². The highest BCUT2D eigenvalue weighted by Gasteiger charge is 2.16. The van der Waals surface area contributed by atoms with Crippen LogP contribution in [0.4, 0.5) is 0 Å². The normalized spacial score (nSPS) is 22.5. The Hall–Kier alpha value is -0.590. The molecular formula is C8H14N2O. The first-order valence-electron chi connectivity index (χ1n) is 4.06. The van der Waals surface area contributed by atoms with Gasteiger partial charge in [-0.25, -0.2) is 0 Å². The molecule has 0 aliphatic carbocycles. The van der Waals surface area contributed by atoms with E-state index in [4.69, 9.17) is 15.7 Å². The molecule has 0 amide bonds. The number of nitrogens with zero attached hydrogens (tertiary/aromatic N) is 1. The molecule has 11 heavy (non-hydrogen) atoms. The second-order valence-electron chi connectivity index (χ2n) is 3.03. The van der Waals surface area contributed by atoms with Gasteiger partial charge in [0.15, 0.2) is 0 Å². The zero-order valence-electron chi connectivity index (χ0n) is 6.62. The zero-order valence-corrected chi connectivity index (χ0v) is 6.62. The maximum absolute atomic E-state index is 8.46. The summed E-state index contributed by atoms with van der Waals surface area (Å²) in [7, 11) is 0. The van der Waals surface area contributed by atoms with E-state index in [1.165, 1.54) is 0 Å². The first kappa shape index (κ1) is 8.51. The van der Waals surface area contributed by atoms with E-state index in [0.29, 0.717) is 5.92 Å². The smallest absolute Gasteiger partial charge is 0.0930 e. The van der Waals surface area contributed by atoms with E-state index in [0.717, 1.165) is 32.5 Å². The standard InChI is InChI=1S/C8H14N2O/c9-6-8(10)5-7-1-3-11-4-2-7/h7-8H,1-5,10H2/t8-/m1/s1. The average Bonchev–Trinajstić information content (AvgIpc) is 2.06. The maximum Gasteiger partial charge on any atom is 0.0930 e. The van der Waals surface area contributed by atoms with Gasteiger partial charge in [0.05, 0.1) is 12.1 Å². The van der Waals surface area contributed by atoms with Crippen molar-refractivity contribution in [3.63, 3.8) is 0 Å². The lowest BCUT2D eigenvalue weighted by Gasteiger charge is -2.22. The van der Waals surface area contributed by atoms with Gasteiger partial charge in [-0.2, -0.15) is 5.26 Å². The molecule has 1 rings (SSSR count). The largest absolute Gasteiger partial charge is 0.381 e.